The van der Waals surface area contributed by atoms with Gasteiger partial charge in [-0.3, -0.25) is 0 Å². The predicted octanol–water partition coefficient (Wildman–Crippen LogP) is 2.51. The highest BCUT2D eigenvalue weighted by Gasteiger charge is 2.26. The monoisotopic (exact) mass is 314 g/mol. The number of ether oxygens (including phenoxy) is 3. The van der Waals surface area contributed by atoms with E-state index >= 15 is 0 Å². The number of allylic oxidation sites excluding steroid dienone is 2. The number of hydrogen-bond donors (Lipinski definition) is 0. The second kappa shape index (κ2) is 7.45. The standard InChI is InChI=1S/C18H18O5/c1-21-14-9-13(17(19)22-2)10-16(18(20)23-3)15(11-14)12-7-5-4-6-8-12/h4-11,15H,1-3H3. The Morgan fingerprint density at radius 2 is 1.57 bits per heavy atom. The zero-order valence-electron chi connectivity index (χ0n) is 13.2. The van der Waals surface area contributed by atoms with Crippen LogP contribution in [-0.4, -0.2) is 33.3 Å². The Kier molecular flexibility index (Phi) is 5.36. The van der Waals surface area contributed by atoms with Gasteiger partial charge in [0.15, 0.2) is 0 Å². The third kappa shape index (κ3) is 3.69. The van der Waals surface area contributed by atoms with E-state index in [1.165, 1.54) is 33.5 Å². The molecular weight excluding hydrogens is 296 g/mol. The van der Waals surface area contributed by atoms with Gasteiger partial charge in [0.25, 0.3) is 0 Å². The third-order valence-corrected chi connectivity index (χ3v) is 3.51. The molecule has 120 valence electrons. The molecule has 0 heterocycles. The lowest BCUT2D eigenvalue weighted by atomic mass is 9.90. The maximum absolute atomic E-state index is 12.2. The Morgan fingerprint density at radius 3 is 2.13 bits per heavy atom. The molecule has 2 rings (SSSR count). The summed E-state index contributed by atoms with van der Waals surface area (Å²) in [6.07, 6.45) is 4.80. The first-order valence-corrected chi connectivity index (χ1v) is 7.01. The van der Waals surface area contributed by atoms with Gasteiger partial charge in [-0.05, 0) is 23.8 Å². The molecule has 23 heavy (non-hydrogen) atoms. The zero-order chi connectivity index (χ0) is 16.8. The van der Waals surface area contributed by atoms with Crippen molar-refractivity contribution < 1.29 is 23.8 Å². The van der Waals surface area contributed by atoms with Gasteiger partial charge < -0.3 is 14.2 Å². The van der Waals surface area contributed by atoms with Gasteiger partial charge in [-0.25, -0.2) is 9.59 Å². The molecule has 0 saturated carbocycles. The van der Waals surface area contributed by atoms with Crippen LogP contribution in [0, 0.1) is 0 Å². The van der Waals surface area contributed by atoms with E-state index in [0.717, 1.165) is 5.56 Å². The molecule has 1 aromatic carbocycles. The maximum Gasteiger partial charge on any atom is 0.337 e. The van der Waals surface area contributed by atoms with E-state index in [-0.39, 0.29) is 5.57 Å². The first-order valence-electron chi connectivity index (χ1n) is 7.01. The molecule has 1 aliphatic rings. The van der Waals surface area contributed by atoms with Crippen LogP contribution < -0.4 is 0 Å². The van der Waals surface area contributed by atoms with E-state index in [1.54, 1.807) is 6.08 Å². The molecule has 0 aliphatic heterocycles. The molecule has 0 fully saturated rings. The predicted molar refractivity (Wildman–Crippen MR) is 84.5 cm³/mol. The lowest BCUT2D eigenvalue weighted by Gasteiger charge is -2.16. The zero-order valence-corrected chi connectivity index (χ0v) is 13.2. The number of rotatable bonds is 4. The highest BCUT2D eigenvalue weighted by Crippen LogP contribution is 2.32. The van der Waals surface area contributed by atoms with Crippen LogP contribution in [0.15, 0.2) is 65.5 Å². The van der Waals surface area contributed by atoms with Gasteiger partial charge in [0, 0.05) is 11.5 Å². The van der Waals surface area contributed by atoms with E-state index in [4.69, 9.17) is 14.2 Å². The van der Waals surface area contributed by atoms with Gasteiger partial charge in [-0.2, -0.15) is 0 Å². The minimum Gasteiger partial charge on any atom is -0.497 e. The molecule has 1 aliphatic carbocycles. The smallest absolute Gasteiger partial charge is 0.337 e. The molecule has 5 nitrogen and oxygen atoms in total. The molecule has 0 spiro atoms. The fraction of sp³-hybridized carbons (Fsp3) is 0.222. The van der Waals surface area contributed by atoms with Crippen LogP contribution in [-0.2, 0) is 23.8 Å². The Labute approximate surface area is 134 Å². The average Bonchev–Trinajstić information content (AvgIpc) is 2.81. The summed E-state index contributed by atoms with van der Waals surface area (Å²) in [5.74, 6) is -0.989. The topological polar surface area (TPSA) is 61.8 Å². The van der Waals surface area contributed by atoms with Gasteiger partial charge in [-0.15, -0.1) is 0 Å². The molecular formula is C18H18O5. The van der Waals surface area contributed by atoms with Crippen molar-refractivity contribution in [2.45, 2.75) is 5.92 Å². The van der Waals surface area contributed by atoms with Crippen LogP contribution in [0.25, 0.3) is 0 Å². The van der Waals surface area contributed by atoms with E-state index in [2.05, 4.69) is 0 Å². The number of carbonyl (C=O) groups excluding carboxylic acids is 2. The number of esters is 2. The van der Waals surface area contributed by atoms with Crippen LogP contribution in [0.4, 0.5) is 0 Å². The van der Waals surface area contributed by atoms with Gasteiger partial charge in [-0.1, -0.05) is 30.3 Å². The third-order valence-electron chi connectivity index (χ3n) is 3.51. The highest BCUT2D eigenvalue weighted by atomic mass is 16.5. The largest absolute Gasteiger partial charge is 0.497 e. The SMILES string of the molecule is COC(=O)C1=CC(OC)=CC(c2ccccc2)C(C(=O)OC)=C1. The Bertz CT molecular complexity index is 683. The Morgan fingerprint density at radius 1 is 0.913 bits per heavy atom. The summed E-state index contributed by atoms with van der Waals surface area (Å²) in [6, 6.07) is 9.44. The molecule has 0 aromatic heterocycles. The highest BCUT2D eigenvalue weighted by molar-refractivity contribution is 5.98. The van der Waals surface area contributed by atoms with Crippen molar-refractivity contribution in [3.63, 3.8) is 0 Å². The summed E-state index contributed by atoms with van der Waals surface area (Å²) in [5.41, 5.74) is 1.44. The number of hydrogen-bond acceptors (Lipinski definition) is 5. The molecule has 1 unspecified atom stereocenters. The average molecular weight is 314 g/mol. The van der Waals surface area contributed by atoms with Crippen LogP contribution in [0.3, 0.4) is 0 Å². The lowest BCUT2D eigenvalue weighted by molar-refractivity contribution is -0.136. The van der Waals surface area contributed by atoms with E-state index in [9.17, 15) is 9.59 Å². The summed E-state index contributed by atoms with van der Waals surface area (Å²) in [4.78, 5) is 24.1. The van der Waals surface area contributed by atoms with Crippen molar-refractivity contribution in [1.82, 2.24) is 0 Å². The van der Waals surface area contributed by atoms with E-state index < -0.39 is 17.9 Å². The first kappa shape index (κ1) is 16.5. The Hall–Kier alpha value is -2.82. The molecule has 1 atom stereocenters. The normalized spacial score (nSPS) is 17.2. The second-order valence-corrected chi connectivity index (χ2v) is 4.84. The van der Waals surface area contributed by atoms with Gasteiger partial charge in [0.1, 0.15) is 5.76 Å². The lowest BCUT2D eigenvalue weighted by Crippen LogP contribution is -2.13. The fourth-order valence-electron chi connectivity index (χ4n) is 2.36. The maximum atomic E-state index is 12.2. The number of carbonyl (C=O) groups is 2. The van der Waals surface area contributed by atoms with Gasteiger partial charge in [0.05, 0.1) is 26.9 Å². The van der Waals surface area contributed by atoms with E-state index in [1.807, 2.05) is 30.3 Å². The fourth-order valence-corrected chi connectivity index (χ4v) is 2.36. The summed E-state index contributed by atoms with van der Waals surface area (Å²) >= 11 is 0. The molecule has 0 saturated heterocycles. The molecule has 5 heteroatoms. The quantitative estimate of drug-likeness (QED) is 0.799. The van der Waals surface area contributed by atoms with Crippen LogP contribution in [0.1, 0.15) is 11.5 Å². The van der Waals surface area contributed by atoms with Crippen LogP contribution >= 0.6 is 0 Å². The second-order valence-electron chi connectivity index (χ2n) is 4.84. The van der Waals surface area contributed by atoms with Gasteiger partial charge >= 0.3 is 11.9 Å². The first-order chi connectivity index (χ1) is 11.1. The van der Waals surface area contributed by atoms with Crippen molar-refractivity contribution >= 4 is 11.9 Å². The summed E-state index contributed by atoms with van der Waals surface area (Å²) in [6.45, 7) is 0. The molecule has 0 radical (unpaired) electrons. The molecule has 1 aromatic rings. The van der Waals surface area contributed by atoms with E-state index in [0.29, 0.717) is 11.3 Å². The Balaban J connectivity index is 2.60. The van der Waals surface area contributed by atoms with Crippen LogP contribution in [0.2, 0.25) is 0 Å². The number of benzene rings is 1. The van der Waals surface area contributed by atoms with Crippen LogP contribution in [0.5, 0.6) is 0 Å². The number of methoxy groups -OCH3 is 3. The summed E-state index contributed by atoms with van der Waals surface area (Å²) < 4.78 is 14.9. The van der Waals surface area contributed by atoms with Gasteiger partial charge in [0.2, 0.25) is 0 Å². The minimum atomic E-state index is -0.553. The van der Waals surface area contributed by atoms with Crippen molar-refractivity contribution in [3.8, 4) is 0 Å². The minimum absolute atomic E-state index is 0.222. The molecule has 0 N–H and O–H groups in total. The summed E-state index contributed by atoms with van der Waals surface area (Å²) in [7, 11) is 4.09. The molecule has 0 bridgehead atoms. The van der Waals surface area contributed by atoms with Crippen molar-refractivity contribution in [3.05, 3.63) is 71.0 Å². The van der Waals surface area contributed by atoms with Crippen molar-refractivity contribution in [2.24, 2.45) is 0 Å². The summed E-state index contributed by atoms with van der Waals surface area (Å²) in [5, 5.41) is 0. The van der Waals surface area contributed by atoms with Crippen molar-refractivity contribution in [2.75, 3.05) is 21.3 Å². The molecule has 0 amide bonds. The van der Waals surface area contributed by atoms with Crippen molar-refractivity contribution in [1.29, 1.82) is 0 Å².